The Labute approximate surface area is 107 Å². The molecule has 18 heavy (non-hydrogen) atoms. The summed E-state index contributed by atoms with van der Waals surface area (Å²) < 4.78 is 5.42. The van der Waals surface area contributed by atoms with E-state index in [0.29, 0.717) is 5.92 Å². The van der Waals surface area contributed by atoms with E-state index in [0.717, 1.165) is 31.4 Å². The molecule has 3 heteroatoms. The maximum atomic E-state index is 6.36. The van der Waals surface area contributed by atoms with Crippen molar-refractivity contribution < 1.29 is 4.74 Å². The highest BCUT2D eigenvalue weighted by Gasteiger charge is 2.20. The number of benzene rings is 1. The molecule has 1 saturated heterocycles. The van der Waals surface area contributed by atoms with Crippen molar-refractivity contribution in [3.8, 4) is 0 Å². The predicted octanol–water partition coefficient (Wildman–Crippen LogP) is 2.66. The lowest BCUT2D eigenvalue weighted by molar-refractivity contribution is 0.182. The smallest absolute Gasteiger partial charge is 0.0495 e. The maximum Gasteiger partial charge on any atom is 0.0495 e. The number of pyridine rings is 1. The summed E-state index contributed by atoms with van der Waals surface area (Å²) >= 11 is 0. The van der Waals surface area contributed by atoms with Crippen LogP contribution in [0.3, 0.4) is 0 Å². The van der Waals surface area contributed by atoms with Gasteiger partial charge in [-0.05, 0) is 35.8 Å². The van der Waals surface area contributed by atoms with Gasteiger partial charge in [0.25, 0.3) is 0 Å². The van der Waals surface area contributed by atoms with Crippen LogP contribution in [-0.4, -0.2) is 18.2 Å². The van der Waals surface area contributed by atoms with E-state index in [9.17, 15) is 0 Å². The van der Waals surface area contributed by atoms with Crippen LogP contribution in [0.4, 0.5) is 0 Å². The van der Waals surface area contributed by atoms with Gasteiger partial charge in [-0.3, -0.25) is 4.98 Å². The van der Waals surface area contributed by atoms with Gasteiger partial charge in [0.2, 0.25) is 0 Å². The molecule has 0 amide bonds. The molecule has 1 aromatic carbocycles. The molecule has 94 valence electrons. The van der Waals surface area contributed by atoms with Crippen LogP contribution < -0.4 is 5.73 Å². The van der Waals surface area contributed by atoms with E-state index >= 15 is 0 Å². The van der Waals surface area contributed by atoms with Crippen LogP contribution in [0.15, 0.2) is 36.7 Å². The Balaban J connectivity index is 1.88. The molecule has 0 spiro atoms. The van der Waals surface area contributed by atoms with Gasteiger partial charge in [0.05, 0.1) is 0 Å². The minimum atomic E-state index is 0.0859. The van der Waals surface area contributed by atoms with Gasteiger partial charge in [0.1, 0.15) is 0 Å². The number of nitrogens with two attached hydrogens (primary N) is 1. The van der Waals surface area contributed by atoms with Crippen LogP contribution >= 0.6 is 0 Å². The van der Waals surface area contributed by atoms with Crippen molar-refractivity contribution >= 4 is 10.8 Å². The lowest BCUT2D eigenvalue weighted by Crippen LogP contribution is -2.16. The quantitative estimate of drug-likeness (QED) is 0.900. The molecule has 0 bridgehead atoms. The maximum absolute atomic E-state index is 6.36. The number of nitrogens with zero attached hydrogens (tertiary/aromatic N) is 1. The van der Waals surface area contributed by atoms with Crippen LogP contribution in [-0.2, 0) is 4.74 Å². The molecule has 0 saturated carbocycles. The number of hydrogen-bond donors (Lipinski definition) is 1. The van der Waals surface area contributed by atoms with Crippen LogP contribution in [0.5, 0.6) is 0 Å². The monoisotopic (exact) mass is 242 g/mol. The number of aromatic nitrogens is 1. The fourth-order valence-corrected chi connectivity index (χ4v) is 2.73. The highest BCUT2D eigenvalue weighted by molar-refractivity contribution is 5.85. The topological polar surface area (TPSA) is 48.1 Å². The molecular weight excluding hydrogens is 224 g/mol. The van der Waals surface area contributed by atoms with Crippen molar-refractivity contribution in [3.63, 3.8) is 0 Å². The first-order valence-corrected chi connectivity index (χ1v) is 6.50. The van der Waals surface area contributed by atoms with E-state index in [1.54, 1.807) is 0 Å². The number of ether oxygens (including phenoxy) is 1. The molecule has 1 aromatic heterocycles. The number of fused-ring (bicyclic) bond motifs is 1. The van der Waals surface area contributed by atoms with E-state index in [2.05, 4.69) is 29.2 Å². The van der Waals surface area contributed by atoms with Crippen LogP contribution in [0.25, 0.3) is 10.8 Å². The standard InChI is InChI=1S/C15H18N2O/c16-15(8-11-5-7-18-10-11)14-3-1-2-12-9-17-6-4-13(12)14/h1-4,6,9,11,15H,5,7-8,10,16H2. The van der Waals surface area contributed by atoms with Gasteiger partial charge >= 0.3 is 0 Å². The normalized spacial score (nSPS) is 21.3. The van der Waals surface area contributed by atoms with Crippen molar-refractivity contribution in [2.24, 2.45) is 11.7 Å². The Hall–Kier alpha value is -1.45. The zero-order valence-electron chi connectivity index (χ0n) is 10.4. The number of rotatable bonds is 3. The molecule has 3 rings (SSSR count). The summed E-state index contributed by atoms with van der Waals surface area (Å²) in [6.45, 7) is 1.75. The van der Waals surface area contributed by atoms with Gasteiger partial charge in [-0.2, -0.15) is 0 Å². The van der Waals surface area contributed by atoms with Crippen LogP contribution in [0.1, 0.15) is 24.4 Å². The minimum Gasteiger partial charge on any atom is -0.381 e. The van der Waals surface area contributed by atoms with E-state index in [4.69, 9.17) is 10.5 Å². The zero-order valence-corrected chi connectivity index (χ0v) is 10.4. The third-order valence-electron chi connectivity index (χ3n) is 3.73. The minimum absolute atomic E-state index is 0.0859. The van der Waals surface area contributed by atoms with Gasteiger partial charge in [-0.15, -0.1) is 0 Å². The van der Waals surface area contributed by atoms with Gasteiger partial charge in [-0.25, -0.2) is 0 Å². The van der Waals surface area contributed by atoms with Crippen molar-refractivity contribution in [3.05, 3.63) is 42.2 Å². The third-order valence-corrected chi connectivity index (χ3v) is 3.73. The largest absolute Gasteiger partial charge is 0.381 e. The molecule has 3 nitrogen and oxygen atoms in total. The predicted molar refractivity (Wildman–Crippen MR) is 72.2 cm³/mol. The molecule has 0 radical (unpaired) electrons. The first kappa shape index (κ1) is 11.6. The second-order valence-corrected chi connectivity index (χ2v) is 5.02. The Morgan fingerprint density at radius 3 is 3.17 bits per heavy atom. The Bertz CT molecular complexity index is 530. The fourth-order valence-electron chi connectivity index (χ4n) is 2.73. The number of hydrogen-bond acceptors (Lipinski definition) is 3. The molecule has 2 aromatic rings. The summed E-state index contributed by atoms with van der Waals surface area (Å²) in [4.78, 5) is 4.16. The molecule has 2 unspecified atom stereocenters. The van der Waals surface area contributed by atoms with E-state index in [-0.39, 0.29) is 6.04 Å². The molecule has 2 N–H and O–H groups in total. The lowest BCUT2D eigenvalue weighted by atomic mass is 9.92. The second kappa shape index (κ2) is 5.04. The molecule has 2 heterocycles. The second-order valence-electron chi connectivity index (χ2n) is 5.02. The summed E-state index contributed by atoms with van der Waals surface area (Å²) in [7, 11) is 0. The average Bonchev–Trinajstić information content (AvgIpc) is 2.91. The summed E-state index contributed by atoms with van der Waals surface area (Å²) in [5.41, 5.74) is 7.59. The Morgan fingerprint density at radius 1 is 1.39 bits per heavy atom. The first-order valence-electron chi connectivity index (χ1n) is 6.50. The highest BCUT2D eigenvalue weighted by Crippen LogP contribution is 2.29. The van der Waals surface area contributed by atoms with Gasteiger partial charge in [0.15, 0.2) is 0 Å². The highest BCUT2D eigenvalue weighted by atomic mass is 16.5. The molecule has 0 aliphatic carbocycles. The van der Waals surface area contributed by atoms with E-state index in [1.807, 2.05) is 12.4 Å². The van der Waals surface area contributed by atoms with Crippen molar-refractivity contribution in [2.75, 3.05) is 13.2 Å². The molecule has 2 atom stereocenters. The third kappa shape index (κ3) is 2.24. The molecular formula is C15H18N2O. The van der Waals surface area contributed by atoms with Gasteiger partial charge in [-0.1, -0.05) is 18.2 Å². The van der Waals surface area contributed by atoms with Crippen LogP contribution in [0.2, 0.25) is 0 Å². The van der Waals surface area contributed by atoms with Gasteiger partial charge < -0.3 is 10.5 Å². The Morgan fingerprint density at radius 2 is 2.33 bits per heavy atom. The molecule has 1 aliphatic heterocycles. The van der Waals surface area contributed by atoms with Crippen molar-refractivity contribution in [1.82, 2.24) is 4.98 Å². The summed E-state index contributed by atoms with van der Waals surface area (Å²) in [5, 5.41) is 2.38. The first-order chi connectivity index (χ1) is 8.84. The fraction of sp³-hybridized carbons (Fsp3) is 0.400. The summed E-state index contributed by atoms with van der Waals surface area (Å²) in [6.07, 6.45) is 5.86. The molecule has 1 fully saturated rings. The van der Waals surface area contributed by atoms with Gasteiger partial charge in [0, 0.05) is 37.0 Å². The Kier molecular flexibility index (Phi) is 3.26. The zero-order chi connectivity index (χ0) is 12.4. The summed E-state index contributed by atoms with van der Waals surface area (Å²) in [5.74, 6) is 0.608. The summed E-state index contributed by atoms with van der Waals surface area (Å²) in [6, 6.07) is 8.41. The van der Waals surface area contributed by atoms with Crippen molar-refractivity contribution in [1.29, 1.82) is 0 Å². The average molecular weight is 242 g/mol. The van der Waals surface area contributed by atoms with E-state index in [1.165, 1.54) is 10.9 Å². The lowest BCUT2D eigenvalue weighted by Gasteiger charge is -2.17. The van der Waals surface area contributed by atoms with E-state index < -0.39 is 0 Å². The SMILES string of the molecule is NC(CC1CCOC1)c1cccc2cnccc12. The van der Waals surface area contributed by atoms with Crippen LogP contribution in [0, 0.1) is 5.92 Å². The molecule has 1 aliphatic rings. The van der Waals surface area contributed by atoms with Crippen molar-refractivity contribution in [2.45, 2.75) is 18.9 Å².